The Morgan fingerprint density at radius 3 is 2.64 bits per heavy atom. The molecule has 0 atom stereocenters. The van der Waals surface area contributed by atoms with Crippen LogP contribution in [0.2, 0.25) is 5.02 Å². The van der Waals surface area contributed by atoms with Gasteiger partial charge in [0.1, 0.15) is 5.82 Å². The molecule has 25 heavy (non-hydrogen) atoms. The molecule has 1 heterocycles. The molecule has 0 bridgehead atoms. The molecule has 8 heteroatoms. The number of fused-ring (bicyclic) bond motifs is 1. The van der Waals surface area contributed by atoms with E-state index in [9.17, 15) is 13.2 Å². The quantitative estimate of drug-likeness (QED) is 0.758. The molecule has 1 amide bonds. The fourth-order valence-electron chi connectivity index (χ4n) is 2.61. The number of sulfonamides is 1. The van der Waals surface area contributed by atoms with Crippen LogP contribution in [-0.4, -0.2) is 30.1 Å². The molecule has 0 aliphatic rings. The summed E-state index contributed by atoms with van der Waals surface area (Å²) in [5.74, 6) is 0.100. The smallest absolute Gasteiger partial charge is 0.264 e. The van der Waals surface area contributed by atoms with E-state index in [4.69, 9.17) is 11.6 Å². The fourth-order valence-corrected chi connectivity index (χ4v) is 3.26. The Balaban J connectivity index is 2.04. The van der Waals surface area contributed by atoms with Crippen LogP contribution in [0, 0.1) is 6.92 Å². The van der Waals surface area contributed by atoms with Gasteiger partial charge >= 0.3 is 0 Å². The van der Waals surface area contributed by atoms with E-state index < -0.39 is 15.9 Å². The summed E-state index contributed by atoms with van der Waals surface area (Å²) in [5.41, 5.74) is 2.63. The molecule has 0 radical (unpaired) electrons. The number of halogens is 1. The highest BCUT2D eigenvalue weighted by atomic mass is 35.5. The monoisotopic (exact) mass is 377 g/mol. The minimum absolute atomic E-state index is 0.248. The second-order valence-electron chi connectivity index (χ2n) is 5.74. The van der Waals surface area contributed by atoms with Gasteiger partial charge in [0.15, 0.2) is 0 Å². The third kappa shape index (κ3) is 3.83. The normalized spacial score (nSPS) is 11.6. The molecular weight excluding hydrogens is 362 g/mol. The minimum Gasteiger partial charge on any atom is -0.324 e. The lowest BCUT2D eigenvalue weighted by molar-refractivity contribution is 0.0982. The maximum Gasteiger partial charge on any atom is 0.264 e. The van der Waals surface area contributed by atoms with Crippen molar-refractivity contribution in [2.45, 2.75) is 13.5 Å². The number of nitrogens with one attached hydrogen (secondary N) is 1. The zero-order chi connectivity index (χ0) is 18.2. The Hall–Kier alpha value is -2.38. The van der Waals surface area contributed by atoms with Gasteiger partial charge in [-0.3, -0.25) is 4.79 Å². The highest BCUT2D eigenvalue weighted by Crippen LogP contribution is 2.22. The SMILES string of the molecule is Cc1nc2ccc(C(=O)NS(C)(=O)=O)cc2n1Cc1ccccc1Cl. The molecule has 0 saturated carbocycles. The molecule has 1 N–H and O–H groups in total. The van der Waals surface area contributed by atoms with Crippen molar-refractivity contribution in [1.29, 1.82) is 0 Å². The van der Waals surface area contributed by atoms with Crippen LogP contribution < -0.4 is 4.72 Å². The number of hydrogen-bond acceptors (Lipinski definition) is 4. The van der Waals surface area contributed by atoms with Gasteiger partial charge in [-0.05, 0) is 36.8 Å². The second-order valence-corrected chi connectivity index (χ2v) is 7.90. The maximum atomic E-state index is 12.1. The first kappa shape index (κ1) is 17.4. The molecule has 3 rings (SSSR count). The highest BCUT2D eigenvalue weighted by molar-refractivity contribution is 7.89. The average molecular weight is 378 g/mol. The van der Waals surface area contributed by atoms with Crippen molar-refractivity contribution in [3.63, 3.8) is 0 Å². The number of imidazole rings is 1. The van der Waals surface area contributed by atoms with E-state index >= 15 is 0 Å². The van der Waals surface area contributed by atoms with Crippen molar-refractivity contribution in [3.05, 3.63) is 64.4 Å². The van der Waals surface area contributed by atoms with E-state index in [0.29, 0.717) is 11.6 Å². The number of carbonyl (C=O) groups is 1. The van der Waals surface area contributed by atoms with Crippen LogP contribution in [0.1, 0.15) is 21.7 Å². The Labute approximate surface area is 150 Å². The Morgan fingerprint density at radius 1 is 1.24 bits per heavy atom. The van der Waals surface area contributed by atoms with Gasteiger partial charge in [-0.2, -0.15) is 0 Å². The average Bonchev–Trinajstić information content (AvgIpc) is 2.83. The highest BCUT2D eigenvalue weighted by Gasteiger charge is 2.15. The molecule has 0 unspecified atom stereocenters. The fraction of sp³-hybridized carbons (Fsp3) is 0.176. The molecule has 0 aliphatic carbocycles. The molecular formula is C17H16ClN3O3S. The summed E-state index contributed by atoms with van der Waals surface area (Å²) in [6.45, 7) is 2.37. The number of carbonyl (C=O) groups excluding carboxylic acids is 1. The standard InChI is InChI=1S/C17H16ClN3O3S/c1-11-19-15-8-7-12(17(22)20-25(2,23)24)9-16(15)21(11)10-13-5-3-4-6-14(13)18/h3-9H,10H2,1-2H3,(H,20,22). The number of rotatable bonds is 4. The van der Waals surface area contributed by atoms with Crippen LogP contribution >= 0.6 is 11.6 Å². The lowest BCUT2D eigenvalue weighted by atomic mass is 10.2. The van der Waals surface area contributed by atoms with E-state index in [-0.39, 0.29) is 5.56 Å². The molecule has 0 aliphatic heterocycles. The molecule has 1 aromatic heterocycles. The first-order chi connectivity index (χ1) is 11.7. The summed E-state index contributed by atoms with van der Waals surface area (Å²) < 4.78 is 26.4. The first-order valence-corrected chi connectivity index (χ1v) is 9.74. The topological polar surface area (TPSA) is 81.1 Å². The van der Waals surface area contributed by atoms with Crippen LogP contribution in [0.15, 0.2) is 42.5 Å². The largest absolute Gasteiger partial charge is 0.324 e. The van der Waals surface area contributed by atoms with Gasteiger partial charge < -0.3 is 4.57 Å². The van der Waals surface area contributed by atoms with Crippen molar-refractivity contribution in [3.8, 4) is 0 Å². The summed E-state index contributed by atoms with van der Waals surface area (Å²) in [6.07, 6.45) is 0.940. The number of hydrogen-bond donors (Lipinski definition) is 1. The summed E-state index contributed by atoms with van der Waals surface area (Å²) in [7, 11) is -3.62. The van der Waals surface area contributed by atoms with Gasteiger partial charge in [0.05, 0.1) is 23.8 Å². The maximum absolute atomic E-state index is 12.1. The van der Waals surface area contributed by atoms with E-state index in [1.807, 2.05) is 40.5 Å². The van der Waals surface area contributed by atoms with Crippen LogP contribution in [0.3, 0.4) is 0 Å². The van der Waals surface area contributed by atoms with Gasteiger partial charge in [0, 0.05) is 10.6 Å². The van der Waals surface area contributed by atoms with E-state index in [1.165, 1.54) is 0 Å². The molecule has 0 fully saturated rings. The van der Waals surface area contributed by atoms with E-state index in [1.54, 1.807) is 18.2 Å². The van der Waals surface area contributed by atoms with Crippen molar-refractivity contribution in [1.82, 2.24) is 14.3 Å². The van der Waals surface area contributed by atoms with Crippen molar-refractivity contribution < 1.29 is 13.2 Å². The number of nitrogens with zero attached hydrogens (tertiary/aromatic N) is 2. The zero-order valence-electron chi connectivity index (χ0n) is 13.7. The molecule has 3 aromatic rings. The Kier molecular flexibility index (Phi) is 4.53. The van der Waals surface area contributed by atoms with Crippen LogP contribution in [-0.2, 0) is 16.6 Å². The van der Waals surface area contributed by atoms with E-state index in [0.717, 1.165) is 28.7 Å². The molecule has 130 valence electrons. The van der Waals surface area contributed by atoms with Crippen LogP contribution in [0.4, 0.5) is 0 Å². The van der Waals surface area contributed by atoms with Crippen LogP contribution in [0.25, 0.3) is 11.0 Å². The van der Waals surface area contributed by atoms with Gasteiger partial charge in [0.2, 0.25) is 10.0 Å². The number of aromatic nitrogens is 2. The third-order valence-corrected chi connectivity index (χ3v) is 4.69. The molecule has 6 nitrogen and oxygen atoms in total. The minimum atomic E-state index is -3.62. The van der Waals surface area contributed by atoms with Crippen molar-refractivity contribution in [2.24, 2.45) is 0 Å². The van der Waals surface area contributed by atoms with Gasteiger partial charge in [-0.15, -0.1) is 0 Å². The van der Waals surface area contributed by atoms with Gasteiger partial charge in [0.25, 0.3) is 5.91 Å². The first-order valence-electron chi connectivity index (χ1n) is 7.47. The lowest BCUT2D eigenvalue weighted by Gasteiger charge is -2.09. The third-order valence-electron chi connectivity index (χ3n) is 3.77. The molecule has 0 saturated heterocycles. The van der Waals surface area contributed by atoms with Gasteiger partial charge in [-0.1, -0.05) is 29.8 Å². The van der Waals surface area contributed by atoms with Crippen molar-refractivity contribution >= 4 is 38.6 Å². The summed E-state index contributed by atoms with van der Waals surface area (Å²) in [6, 6.07) is 12.4. The lowest BCUT2D eigenvalue weighted by Crippen LogP contribution is -2.29. The Morgan fingerprint density at radius 2 is 1.96 bits per heavy atom. The van der Waals surface area contributed by atoms with Crippen LogP contribution in [0.5, 0.6) is 0 Å². The van der Waals surface area contributed by atoms with Gasteiger partial charge in [-0.25, -0.2) is 18.1 Å². The summed E-state index contributed by atoms with van der Waals surface area (Å²) in [5, 5.41) is 0.648. The predicted molar refractivity (Wildman–Crippen MR) is 97.3 cm³/mol. The number of benzene rings is 2. The zero-order valence-corrected chi connectivity index (χ0v) is 15.2. The number of aryl methyl sites for hydroxylation is 1. The number of amides is 1. The second kappa shape index (κ2) is 6.50. The van der Waals surface area contributed by atoms with Crippen molar-refractivity contribution in [2.75, 3.05) is 6.26 Å². The summed E-state index contributed by atoms with van der Waals surface area (Å²) in [4.78, 5) is 16.6. The molecule has 2 aromatic carbocycles. The molecule has 0 spiro atoms. The predicted octanol–water partition coefficient (Wildman–Crippen LogP) is 2.74. The Bertz CT molecular complexity index is 1070. The summed E-state index contributed by atoms with van der Waals surface area (Å²) >= 11 is 6.23. The van der Waals surface area contributed by atoms with E-state index in [2.05, 4.69) is 4.98 Å².